The van der Waals surface area contributed by atoms with Crippen LogP contribution in [0.5, 0.6) is 0 Å². The van der Waals surface area contributed by atoms with Gasteiger partial charge in [-0.05, 0) is 0 Å². The maximum Gasteiger partial charge on any atom is 0.343 e. The third kappa shape index (κ3) is 3.69. The maximum absolute atomic E-state index is 11.6. The van der Waals surface area contributed by atoms with Crippen LogP contribution in [0.25, 0.3) is 11.3 Å². The number of benzene rings is 1. The van der Waals surface area contributed by atoms with E-state index in [1.54, 1.807) is 12.1 Å². The van der Waals surface area contributed by atoms with Crippen LogP contribution in [0.3, 0.4) is 0 Å². The summed E-state index contributed by atoms with van der Waals surface area (Å²) >= 11 is 0. The van der Waals surface area contributed by atoms with Crippen molar-refractivity contribution in [3.63, 3.8) is 0 Å². The summed E-state index contributed by atoms with van der Waals surface area (Å²) in [4.78, 5) is 13.8. The second-order valence-corrected chi connectivity index (χ2v) is 5.29. The summed E-state index contributed by atoms with van der Waals surface area (Å²) in [7, 11) is 0. The third-order valence-electron chi connectivity index (χ3n) is 3.77. The van der Waals surface area contributed by atoms with Gasteiger partial charge in [0.15, 0.2) is 17.1 Å². The van der Waals surface area contributed by atoms with Crippen molar-refractivity contribution in [3.8, 4) is 11.3 Å². The highest BCUT2D eigenvalue weighted by atomic mass is 16.5. The molecule has 1 aliphatic heterocycles. The fraction of sp³-hybridized carbons (Fsp3) is 0.375. The highest BCUT2D eigenvalue weighted by Crippen LogP contribution is 2.29. The molecule has 0 saturated carbocycles. The van der Waals surface area contributed by atoms with Crippen LogP contribution in [0.2, 0.25) is 0 Å². The normalized spacial score (nSPS) is 15.5. The number of nitrogens with zero attached hydrogens (tertiary/aromatic N) is 2. The van der Waals surface area contributed by atoms with Gasteiger partial charge in [0.1, 0.15) is 0 Å². The Morgan fingerprint density at radius 1 is 1.26 bits per heavy atom. The van der Waals surface area contributed by atoms with Crippen molar-refractivity contribution < 1.29 is 19.2 Å². The molecular formula is C16H19N3O4. The van der Waals surface area contributed by atoms with E-state index < -0.39 is 5.97 Å². The Bertz CT molecular complexity index is 651. The second-order valence-electron chi connectivity index (χ2n) is 5.29. The number of carbonyl (C=O) groups is 1. The van der Waals surface area contributed by atoms with Crippen molar-refractivity contribution in [1.82, 2.24) is 10.1 Å². The van der Waals surface area contributed by atoms with Crippen LogP contribution >= 0.6 is 0 Å². The molecule has 0 amide bonds. The first kappa shape index (κ1) is 15.5. The number of carboxylic acids is 1. The highest BCUT2D eigenvalue weighted by Gasteiger charge is 2.23. The predicted octanol–water partition coefficient (Wildman–Crippen LogP) is 1.78. The van der Waals surface area contributed by atoms with Crippen molar-refractivity contribution in [2.45, 2.75) is 0 Å². The minimum absolute atomic E-state index is 0.0678. The molecule has 23 heavy (non-hydrogen) atoms. The van der Waals surface area contributed by atoms with Gasteiger partial charge in [-0.15, -0.1) is 0 Å². The molecule has 2 N–H and O–H groups in total. The standard InChI is InChI=1S/C16H19N3O4/c20-16(21)13-14(12-4-2-1-3-5-12)23-18-15(13)17-6-7-19-8-10-22-11-9-19/h1-5H,6-11H2,(H,17,18)(H,20,21). The molecule has 1 aromatic heterocycles. The lowest BCUT2D eigenvalue weighted by molar-refractivity contribution is 0.0398. The largest absolute Gasteiger partial charge is 0.477 e. The Labute approximate surface area is 133 Å². The Morgan fingerprint density at radius 3 is 2.70 bits per heavy atom. The van der Waals surface area contributed by atoms with Gasteiger partial charge in [0.05, 0.1) is 13.2 Å². The molecule has 7 heteroatoms. The Morgan fingerprint density at radius 2 is 2.00 bits per heavy atom. The average Bonchev–Trinajstić information content (AvgIpc) is 3.01. The van der Waals surface area contributed by atoms with E-state index in [9.17, 15) is 9.90 Å². The molecule has 7 nitrogen and oxygen atoms in total. The first-order chi connectivity index (χ1) is 11.3. The van der Waals surface area contributed by atoms with Gasteiger partial charge in [0.25, 0.3) is 0 Å². The van der Waals surface area contributed by atoms with Gasteiger partial charge in [0.2, 0.25) is 0 Å². The van der Waals surface area contributed by atoms with Gasteiger partial charge in [0, 0.05) is 31.7 Å². The summed E-state index contributed by atoms with van der Waals surface area (Å²) in [5, 5.41) is 16.4. The summed E-state index contributed by atoms with van der Waals surface area (Å²) < 4.78 is 10.6. The molecule has 1 saturated heterocycles. The number of hydrogen-bond acceptors (Lipinski definition) is 6. The van der Waals surface area contributed by atoms with Gasteiger partial charge in [-0.25, -0.2) is 4.79 Å². The predicted molar refractivity (Wildman–Crippen MR) is 84.6 cm³/mol. The summed E-state index contributed by atoms with van der Waals surface area (Å²) in [5.41, 5.74) is 0.761. The lowest BCUT2D eigenvalue weighted by Crippen LogP contribution is -2.39. The lowest BCUT2D eigenvalue weighted by Gasteiger charge is -2.26. The summed E-state index contributed by atoms with van der Waals surface area (Å²) in [6.07, 6.45) is 0. The van der Waals surface area contributed by atoms with Crippen molar-refractivity contribution in [2.75, 3.05) is 44.7 Å². The van der Waals surface area contributed by atoms with Crippen molar-refractivity contribution in [2.24, 2.45) is 0 Å². The quantitative estimate of drug-likeness (QED) is 0.839. The number of morpholine rings is 1. The number of carboxylic acid groups (broad SMARTS) is 1. The van der Waals surface area contributed by atoms with Crippen LogP contribution in [0.1, 0.15) is 10.4 Å². The third-order valence-corrected chi connectivity index (χ3v) is 3.77. The van der Waals surface area contributed by atoms with E-state index in [1.807, 2.05) is 18.2 Å². The van der Waals surface area contributed by atoms with Crippen LogP contribution in [-0.4, -0.2) is 60.5 Å². The zero-order valence-electron chi connectivity index (χ0n) is 12.7. The number of aromatic carboxylic acids is 1. The minimum Gasteiger partial charge on any atom is -0.477 e. The Kier molecular flexibility index (Phi) is 4.89. The molecule has 1 aliphatic rings. The SMILES string of the molecule is O=C(O)c1c(NCCN2CCOCC2)noc1-c1ccccc1. The summed E-state index contributed by atoms with van der Waals surface area (Å²) in [6, 6.07) is 9.11. The van der Waals surface area contributed by atoms with E-state index >= 15 is 0 Å². The summed E-state index contributed by atoms with van der Waals surface area (Å²) in [6.45, 7) is 4.66. The van der Waals surface area contributed by atoms with E-state index in [0.29, 0.717) is 12.1 Å². The van der Waals surface area contributed by atoms with E-state index in [0.717, 1.165) is 32.8 Å². The van der Waals surface area contributed by atoms with Crippen molar-refractivity contribution in [1.29, 1.82) is 0 Å². The number of rotatable bonds is 6. The lowest BCUT2D eigenvalue weighted by atomic mass is 10.1. The molecule has 0 radical (unpaired) electrons. The summed E-state index contributed by atoms with van der Waals surface area (Å²) in [5.74, 6) is -0.518. The van der Waals surface area contributed by atoms with Crippen LogP contribution in [0, 0.1) is 0 Å². The number of ether oxygens (including phenoxy) is 1. The molecule has 0 atom stereocenters. The minimum atomic E-state index is -1.06. The zero-order chi connectivity index (χ0) is 16.1. The number of nitrogens with one attached hydrogen (secondary N) is 1. The molecule has 0 bridgehead atoms. The maximum atomic E-state index is 11.6. The van der Waals surface area contributed by atoms with Crippen LogP contribution in [0.4, 0.5) is 5.82 Å². The topological polar surface area (TPSA) is 87.8 Å². The van der Waals surface area contributed by atoms with Gasteiger partial charge in [-0.3, -0.25) is 4.90 Å². The monoisotopic (exact) mass is 317 g/mol. The molecule has 3 rings (SSSR count). The van der Waals surface area contributed by atoms with Crippen LogP contribution < -0.4 is 5.32 Å². The molecule has 122 valence electrons. The van der Waals surface area contributed by atoms with Gasteiger partial charge in [-0.2, -0.15) is 0 Å². The fourth-order valence-electron chi connectivity index (χ4n) is 2.55. The molecular weight excluding hydrogens is 298 g/mol. The average molecular weight is 317 g/mol. The van der Waals surface area contributed by atoms with Crippen LogP contribution in [-0.2, 0) is 4.74 Å². The molecule has 0 aliphatic carbocycles. The molecule has 0 spiro atoms. The molecule has 2 heterocycles. The number of hydrogen-bond donors (Lipinski definition) is 2. The van der Waals surface area contributed by atoms with Crippen molar-refractivity contribution in [3.05, 3.63) is 35.9 Å². The molecule has 0 unspecified atom stereocenters. The van der Waals surface area contributed by atoms with E-state index in [1.165, 1.54) is 0 Å². The van der Waals surface area contributed by atoms with E-state index in [4.69, 9.17) is 9.26 Å². The van der Waals surface area contributed by atoms with Gasteiger partial charge in [-0.1, -0.05) is 35.5 Å². The van der Waals surface area contributed by atoms with Gasteiger partial charge < -0.3 is 19.7 Å². The smallest absolute Gasteiger partial charge is 0.343 e. The zero-order valence-corrected chi connectivity index (χ0v) is 12.7. The first-order valence-corrected chi connectivity index (χ1v) is 7.58. The van der Waals surface area contributed by atoms with Gasteiger partial charge >= 0.3 is 5.97 Å². The van der Waals surface area contributed by atoms with E-state index in [2.05, 4.69) is 15.4 Å². The Hall–Kier alpha value is -2.38. The van der Waals surface area contributed by atoms with Crippen molar-refractivity contribution >= 4 is 11.8 Å². The molecule has 1 aromatic carbocycles. The highest BCUT2D eigenvalue weighted by molar-refractivity contribution is 5.99. The number of aromatic nitrogens is 1. The Balaban J connectivity index is 1.69. The fourth-order valence-corrected chi connectivity index (χ4v) is 2.55. The molecule has 2 aromatic rings. The number of anilines is 1. The second kappa shape index (κ2) is 7.26. The van der Waals surface area contributed by atoms with Crippen LogP contribution in [0.15, 0.2) is 34.9 Å². The molecule has 1 fully saturated rings. The van der Waals surface area contributed by atoms with E-state index in [-0.39, 0.29) is 17.1 Å². The first-order valence-electron chi connectivity index (χ1n) is 7.58.